The van der Waals surface area contributed by atoms with Crippen molar-refractivity contribution in [2.24, 2.45) is 22.2 Å². The Morgan fingerprint density at radius 3 is 2.04 bits per heavy atom. The molecule has 0 aliphatic rings. The number of aliphatic hydroxyl groups excluding tert-OH is 1. The average molecular weight is 403 g/mol. The molecule has 0 aliphatic carbocycles. The van der Waals surface area contributed by atoms with Crippen LogP contribution in [0, 0.1) is 0 Å². The quantitative estimate of drug-likeness (QED) is 0.0897. The molecule has 0 spiro atoms. The summed E-state index contributed by atoms with van der Waals surface area (Å²) in [6.07, 6.45) is 0.466. The number of nitrogens with zero attached hydrogens (tertiary/aromatic N) is 1. The van der Waals surface area contributed by atoms with E-state index in [0.29, 0.717) is 6.42 Å². The van der Waals surface area contributed by atoms with E-state index in [1.807, 2.05) is 0 Å². The first kappa shape index (κ1) is 25.1. The summed E-state index contributed by atoms with van der Waals surface area (Å²) < 4.78 is 0. The van der Waals surface area contributed by atoms with E-state index in [4.69, 9.17) is 27.4 Å². The third kappa shape index (κ3) is 9.68. The van der Waals surface area contributed by atoms with Crippen molar-refractivity contribution >= 4 is 29.7 Å². The fourth-order valence-electron chi connectivity index (χ4n) is 1.91. The highest BCUT2D eigenvalue weighted by Crippen LogP contribution is 2.01. The van der Waals surface area contributed by atoms with Crippen LogP contribution in [0.5, 0.6) is 0 Å². The second-order valence-electron chi connectivity index (χ2n) is 6.10. The van der Waals surface area contributed by atoms with Crippen LogP contribution in [-0.4, -0.2) is 77.2 Å². The van der Waals surface area contributed by atoms with Gasteiger partial charge in [0.15, 0.2) is 5.96 Å². The standard InChI is InChI=1S/C15H29N7O6/c1-7(11(24)21-8(2)14(27)28)20-13(26)10(4-3-5-19-15(17)18)22-12(25)9(16)6-23/h7-10,23H,3-6,16H2,1-2H3,(H,20,26)(H,21,24)(H,22,25)(H,27,28)(H4,17,18,19). The number of nitrogens with one attached hydrogen (secondary N) is 3. The first-order valence-corrected chi connectivity index (χ1v) is 8.55. The molecule has 0 fully saturated rings. The van der Waals surface area contributed by atoms with Crippen LogP contribution in [0.2, 0.25) is 0 Å². The van der Waals surface area contributed by atoms with Gasteiger partial charge in [-0.1, -0.05) is 0 Å². The Morgan fingerprint density at radius 1 is 0.964 bits per heavy atom. The van der Waals surface area contributed by atoms with Crippen molar-refractivity contribution in [2.45, 2.75) is 50.9 Å². The van der Waals surface area contributed by atoms with Crippen molar-refractivity contribution in [1.29, 1.82) is 0 Å². The zero-order valence-corrected chi connectivity index (χ0v) is 15.8. The summed E-state index contributed by atoms with van der Waals surface area (Å²) in [5.41, 5.74) is 15.9. The van der Waals surface area contributed by atoms with Crippen LogP contribution in [0.3, 0.4) is 0 Å². The van der Waals surface area contributed by atoms with Gasteiger partial charge in [0.05, 0.1) is 6.61 Å². The monoisotopic (exact) mass is 403 g/mol. The molecule has 0 rings (SSSR count). The lowest BCUT2D eigenvalue weighted by atomic mass is 10.1. The Labute approximate surface area is 162 Å². The molecule has 160 valence electrons. The second kappa shape index (κ2) is 12.5. The van der Waals surface area contributed by atoms with Gasteiger partial charge in [-0.25, -0.2) is 0 Å². The summed E-state index contributed by atoms with van der Waals surface area (Å²) in [5, 5.41) is 24.7. The predicted octanol–water partition coefficient (Wildman–Crippen LogP) is -4.06. The molecule has 0 aliphatic heterocycles. The number of rotatable bonds is 12. The van der Waals surface area contributed by atoms with Crippen molar-refractivity contribution < 1.29 is 29.4 Å². The lowest BCUT2D eigenvalue weighted by Crippen LogP contribution is -2.56. The molecule has 11 N–H and O–H groups in total. The van der Waals surface area contributed by atoms with Crippen molar-refractivity contribution in [2.75, 3.05) is 13.2 Å². The number of carboxylic acid groups (broad SMARTS) is 1. The molecule has 4 atom stereocenters. The number of aliphatic hydroxyl groups is 1. The molecular weight excluding hydrogens is 374 g/mol. The minimum Gasteiger partial charge on any atom is -0.480 e. The number of carbonyl (C=O) groups is 4. The van der Waals surface area contributed by atoms with E-state index >= 15 is 0 Å². The first-order chi connectivity index (χ1) is 13.0. The third-order valence-corrected chi connectivity index (χ3v) is 3.59. The van der Waals surface area contributed by atoms with Crippen LogP contribution in [-0.2, 0) is 19.2 Å². The minimum absolute atomic E-state index is 0.120. The molecular formula is C15H29N7O6. The lowest BCUT2D eigenvalue weighted by molar-refractivity contribution is -0.141. The molecule has 3 amide bonds. The van der Waals surface area contributed by atoms with E-state index in [2.05, 4.69) is 20.9 Å². The van der Waals surface area contributed by atoms with E-state index in [9.17, 15) is 19.2 Å². The molecule has 0 bridgehead atoms. The summed E-state index contributed by atoms with van der Waals surface area (Å²) in [6, 6.07) is -4.47. The van der Waals surface area contributed by atoms with Gasteiger partial charge in [0.2, 0.25) is 17.7 Å². The number of carboxylic acids is 1. The van der Waals surface area contributed by atoms with Crippen LogP contribution < -0.4 is 33.2 Å². The molecule has 0 saturated heterocycles. The molecule has 0 radical (unpaired) electrons. The number of aliphatic imine (C=N–C) groups is 1. The summed E-state index contributed by atoms with van der Waals surface area (Å²) >= 11 is 0. The molecule has 0 aromatic carbocycles. The summed E-state index contributed by atoms with van der Waals surface area (Å²) in [5.74, 6) is -3.49. The van der Waals surface area contributed by atoms with Crippen LogP contribution in [0.4, 0.5) is 0 Å². The Hall–Kier alpha value is -2.93. The first-order valence-electron chi connectivity index (χ1n) is 8.55. The molecule has 0 heterocycles. The van der Waals surface area contributed by atoms with Gasteiger partial charge >= 0.3 is 5.97 Å². The number of nitrogens with two attached hydrogens (primary N) is 3. The number of hydrogen-bond acceptors (Lipinski definition) is 7. The maximum Gasteiger partial charge on any atom is 0.325 e. The smallest absolute Gasteiger partial charge is 0.325 e. The van der Waals surface area contributed by atoms with Crippen molar-refractivity contribution in [3.8, 4) is 0 Å². The fraction of sp³-hybridized carbons (Fsp3) is 0.667. The minimum atomic E-state index is -1.23. The highest BCUT2D eigenvalue weighted by molar-refractivity contribution is 5.93. The number of amides is 3. The molecule has 0 aromatic heterocycles. The summed E-state index contributed by atoms with van der Waals surface area (Å²) in [4.78, 5) is 50.8. The van der Waals surface area contributed by atoms with Crippen molar-refractivity contribution in [3.63, 3.8) is 0 Å². The average Bonchev–Trinajstić information content (AvgIpc) is 2.62. The largest absolute Gasteiger partial charge is 0.480 e. The highest BCUT2D eigenvalue weighted by Gasteiger charge is 2.26. The van der Waals surface area contributed by atoms with E-state index in [0.717, 1.165) is 0 Å². The molecule has 13 heteroatoms. The van der Waals surface area contributed by atoms with Gasteiger partial charge in [0.25, 0.3) is 0 Å². The van der Waals surface area contributed by atoms with Crippen LogP contribution in [0.25, 0.3) is 0 Å². The van der Waals surface area contributed by atoms with Crippen LogP contribution >= 0.6 is 0 Å². The number of carbonyl (C=O) groups excluding carboxylic acids is 3. The molecule has 13 nitrogen and oxygen atoms in total. The maximum atomic E-state index is 12.4. The number of guanidine groups is 1. The van der Waals surface area contributed by atoms with Crippen molar-refractivity contribution in [1.82, 2.24) is 16.0 Å². The normalized spacial score (nSPS) is 14.7. The molecule has 0 aromatic rings. The zero-order chi connectivity index (χ0) is 21.9. The van der Waals surface area contributed by atoms with E-state index < -0.39 is 54.5 Å². The van der Waals surface area contributed by atoms with Gasteiger partial charge in [-0.3, -0.25) is 24.2 Å². The Kier molecular flexibility index (Phi) is 11.2. The molecule has 0 saturated carbocycles. The molecule has 28 heavy (non-hydrogen) atoms. The maximum absolute atomic E-state index is 12.4. The SMILES string of the molecule is CC(NC(=O)C(C)NC(=O)C(CCCN=C(N)N)NC(=O)C(N)CO)C(=O)O. The predicted molar refractivity (Wildman–Crippen MR) is 99.7 cm³/mol. The second-order valence-corrected chi connectivity index (χ2v) is 6.10. The van der Waals surface area contributed by atoms with Gasteiger partial charge in [0.1, 0.15) is 24.2 Å². The van der Waals surface area contributed by atoms with E-state index in [1.54, 1.807) is 0 Å². The van der Waals surface area contributed by atoms with Gasteiger partial charge in [0, 0.05) is 6.54 Å². The molecule has 4 unspecified atom stereocenters. The van der Waals surface area contributed by atoms with E-state index in [-0.39, 0.29) is 18.9 Å². The van der Waals surface area contributed by atoms with Crippen LogP contribution in [0.1, 0.15) is 26.7 Å². The third-order valence-electron chi connectivity index (χ3n) is 3.59. The highest BCUT2D eigenvalue weighted by atomic mass is 16.4. The van der Waals surface area contributed by atoms with Gasteiger partial charge in [-0.05, 0) is 26.7 Å². The topological polar surface area (TPSA) is 235 Å². The Balaban J connectivity index is 4.96. The summed E-state index contributed by atoms with van der Waals surface area (Å²) in [6.45, 7) is 2.23. The van der Waals surface area contributed by atoms with Crippen LogP contribution in [0.15, 0.2) is 4.99 Å². The number of aliphatic carboxylic acids is 1. The lowest BCUT2D eigenvalue weighted by Gasteiger charge is -2.22. The Bertz CT molecular complexity index is 593. The van der Waals surface area contributed by atoms with Gasteiger partial charge < -0.3 is 43.4 Å². The van der Waals surface area contributed by atoms with E-state index in [1.165, 1.54) is 13.8 Å². The Morgan fingerprint density at radius 2 is 1.54 bits per heavy atom. The summed E-state index contributed by atoms with van der Waals surface area (Å²) in [7, 11) is 0. The number of hydrogen-bond donors (Lipinski definition) is 8. The zero-order valence-electron chi connectivity index (χ0n) is 15.8. The van der Waals surface area contributed by atoms with Gasteiger partial charge in [-0.15, -0.1) is 0 Å². The van der Waals surface area contributed by atoms with Gasteiger partial charge in [-0.2, -0.15) is 0 Å². The fourth-order valence-corrected chi connectivity index (χ4v) is 1.91. The van der Waals surface area contributed by atoms with Crippen molar-refractivity contribution in [3.05, 3.63) is 0 Å².